The fourth-order valence-electron chi connectivity index (χ4n) is 2.69. The molecule has 0 aliphatic heterocycles. The molecule has 1 aliphatic carbocycles. The SMILES string of the molecule is Cc1cc(C#N)ccc1S(=O)(=O)NCC1(N(C)C)CCC1. The van der Waals surface area contributed by atoms with Crippen LogP contribution in [0.25, 0.3) is 0 Å². The molecule has 6 heteroatoms. The predicted molar refractivity (Wildman–Crippen MR) is 81.4 cm³/mol. The minimum Gasteiger partial charge on any atom is -0.302 e. The Morgan fingerprint density at radius 1 is 1.38 bits per heavy atom. The smallest absolute Gasteiger partial charge is 0.240 e. The van der Waals surface area contributed by atoms with Crippen LogP contribution in [0.1, 0.15) is 30.4 Å². The van der Waals surface area contributed by atoms with Crippen LogP contribution in [0.4, 0.5) is 0 Å². The number of rotatable bonds is 5. The summed E-state index contributed by atoms with van der Waals surface area (Å²) in [6, 6.07) is 6.64. The van der Waals surface area contributed by atoms with Gasteiger partial charge in [0.15, 0.2) is 0 Å². The number of likely N-dealkylation sites (N-methyl/N-ethyl adjacent to an activating group) is 1. The number of sulfonamides is 1. The monoisotopic (exact) mass is 307 g/mol. The van der Waals surface area contributed by atoms with Gasteiger partial charge in [0.1, 0.15) is 0 Å². The van der Waals surface area contributed by atoms with Gasteiger partial charge in [0, 0.05) is 12.1 Å². The molecular formula is C15H21N3O2S. The van der Waals surface area contributed by atoms with E-state index in [2.05, 4.69) is 9.62 Å². The van der Waals surface area contributed by atoms with E-state index in [1.54, 1.807) is 13.0 Å². The summed E-state index contributed by atoms with van der Waals surface area (Å²) >= 11 is 0. The van der Waals surface area contributed by atoms with Crippen LogP contribution in [-0.4, -0.2) is 39.5 Å². The van der Waals surface area contributed by atoms with Crippen LogP contribution >= 0.6 is 0 Å². The summed E-state index contributed by atoms with van der Waals surface area (Å²) in [4.78, 5) is 2.35. The zero-order chi connectivity index (χ0) is 15.7. The van der Waals surface area contributed by atoms with Crippen molar-refractivity contribution in [3.05, 3.63) is 29.3 Å². The standard InChI is InChI=1S/C15H21N3O2S/c1-12-9-13(10-16)5-6-14(12)21(19,20)17-11-15(18(2)3)7-4-8-15/h5-6,9,17H,4,7-8,11H2,1-3H3. The molecule has 0 aromatic heterocycles. The Morgan fingerprint density at radius 3 is 2.48 bits per heavy atom. The maximum atomic E-state index is 12.4. The minimum atomic E-state index is -3.54. The third kappa shape index (κ3) is 3.10. The van der Waals surface area contributed by atoms with Crippen molar-refractivity contribution in [3.63, 3.8) is 0 Å². The van der Waals surface area contributed by atoms with Crippen molar-refractivity contribution in [3.8, 4) is 6.07 Å². The molecule has 2 rings (SSSR count). The number of aryl methyl sites for hydroxylation is 1. The first kappa shape index (κ1) is 16.0. The van der Waals surface area contributed by atoms with Crippen molar-refractivity contribution in [1.82, 2.24) is 9.62 Å². The first-order valence-corrected chi connectivity index (χ1v) is 8.47. The van der Waals surface area contributed by atoms with E-state index in [4.69, 9.17) is 5.26 Å². The Hall–Kier alpha value is -1.42. The highest BCUT2D eigenvalue weighted by atomic mass is 32.2. The second-order valence-electron chi connectivity index (χ2n) is 5.89. The Bertz CT molecular complexity index is 671. The van der Waals surface area contributed by atoms with Gasteiger partial charge in [-0.05, 0) is 64.0 Å². The molecule has 0 amide bonds. The average Bonchev–Trinajstić information content (AvgIpc) is 2.36. The van der Waals surface area contributed by atoms with Crippen molar-refractivity contribution in [2.45, 2.75) is 36.6 Å². The van der Waals surface area contributed by atoms with Crippen LogP contribution in [0, 0.1) is 18.3 Å². The summed E-state index contributed by atoms with van der Waals surface area (Å²) in [5.74, 6) is 0. The van der Waals surface area contributed by atoms with E-state index >= 15 is 0 Å². The van der Waals surface area contributed by atoms with Crippen molar-refractivity contribution >= 4 is 10.0 Å². The van der Waals surface area contributed by atoms with Gasteiger partial charge in [0.2, 0.25) is 10.0 Å². The molecule has 1 N–H and O–H groups in total. The molecule has 0 atom stereocenters. The number of hydrogen-bond acceptors (Lipinski definition) is 4. The molecule has 114 valence electrons. The quantitative estimate of drug-likeness (QED) is 0.897. The molecule has 0 radical (unpaired) electrons. The minimum absolute atomic E-state index is 0.0619. The highest BCUT2D eigenvalue weighted by Crippen LogP contribution is 2.35. The van der Waals surface area contributed by atoms with Gasteiger partial charge in [-0.25, -0.2) is 13.1 Å². The Labute approximate surface area is 126 Å². The molecule has 21 heavy (non-hydrogen) atoms. The van der Waals surface area contributed by atoms with E-state index in [9.17, 15) is 8.42 Å². The summed E-state index contributed by atoms with van der Waals surface area (Å²) < 4.78 is 27.6. The lowest BCUT2D eigenvalue weighted by atomic mass is 9.76. The number of nitrogens with one attached hydrogen (secondary N) is 1. The van der Waals surface area contributed by atoms with Gasteiger partial charge in [0.25, 0.3) is 0 Å². The molecule has 1 aliphatic rings. The fraction of sp³-hybridized carbons (Fsp3) is 0.533. The Morgan fingerprint density at radius 2 is 2.05 bits per heavy atom. The van der Waals surface area contributed by atoms with E-state index in [0.29, 0.717) is 17.7 Å². The lowest BCUT2D eigenvalue weighted by Gasteiger charge is -2.47. The molecule has 5 nitrogen and oxygen atoms in total. The maximum Gasteiger partial charge on any atom is 0.240 e. The second-order valence-corrected chi connectivity index (χ2v) is 7.62. The first-order chi connectivity index (χ1) is 9.81. The van der Waals surface area contributed by atoms with Crippen molar-refractivity contribution in [1.29, 1.82) is 5.26 Å². The van der Waals surface area contributed by atoms with Crippen molar-refractivity contribution in [2.24, 2.45) is 0 Å². The third-order valence-corrected chi connectivity index (χ3v) is 5.98. The average molecular weight is 307 g/mol. The van der Waals surface area contributed by atoms with Crippen LogP contribution in [0.3, 0.4) is 0 Å². The summed E-state index contributed by atoms with van der Waals surface area (Å²) in [5, 5.41) is 8.85. The van der Waals surface area contributed by atoms with Gasteiger partial charge in [0.05, 0.1) is 16.5 Å². The summed E-state index contributed by atoms with van der Waals surface area (Å²) in [6.07, 6.45) is 3.15. The second kappa shape index (κ2) is 5.76. The zero-order valence-corrected chi connectivity index (χ0v) is 13.5. The molecule has 0 bridgehead atoms. The molecule has 1 aromatic rings. The normalized spacial score (nSPS) is 17.3. The first-order valence-electron chi connectivity index (χ1n) is 6.99. The van der Waals surface area contributed by atoms with Gasteiger partial charge in [-0.1, -0.05) is 0 Å². The number of nitriles is 1. The van der Waals surface area contributed by atoms with E-state index in [0.717, 1.165) is 19.3 Å². The van der Waals surface area contributed by atoms with Crippen LogP contribution in [0.15, 0.2) is 23.1 Å². The number of hydrogen-bond donors (Lipinski definition) is 1. The molecule has 1 saturated carbocycles. The molecule has 0 unspecified atom stereocenters. The van der Waals surface area contributed by atoms with E-state index in [1.165, 1.54) is 12.1 Å². The molecule has 1 fully saturated rings. The maximum absolute atomic E-state index is 12.4. The predicted octanol–water partition coefficient (Wildman–Crippen LogP) is 1.63. The van der Waals surface area contributed by atoms with Gasteiger partial charge < -0.3 is 4.90 Å². The number of benzene rings is 1. The summed E-state index contributed by atoms with van der Waals surface area (Å²) in [7, 11) is 0.428. The van der Waals surface area contributed by atoms with Crippen LogP contribution in [0.2, 0.25) is 0 Å². The Balaban J connectivity index is 2.18. The van der Waals surface area contributed by atoms with Gasteiger partial charge >= 0.3 is 0 Å². The summed E-state index contributed by atoms with van der Waals surface area (Å²) in [5.41, 5.74) is 0.998. The fourth-order valence-corrected chi connectivity index (χ4v) is 4.04. The van der Waals surface area contributed by atoms with Crippen molar-refractivity contribution < 1.29 is 8.42 Å². The zero-order valence-electron chi connectivity index (χ0n) is 12.7. The van der Waals surface area contributed by atoms with Crippen LogP contribution in [-0.2, 0) is 10.0 Å². The molecule has 1 aromatic carbocycles. The van der Waals surface area contributed by atoms with E-state index in [-0.39, 0.29) is 10.4 Å². The molecular weight excluding hydrogens is 286 g/mol. The van der Waals surface area contributed by atoms with Gasteiger partial charge in [-0.3, -0.25) is 0 Å². The van der Waals surface area contributed by atoms with Crippen molar-refractivity contribution in [2.75, 3.05) is 20.6 Å². The van der Waals surface area contributed by atoms with E-state index in [1.807, 2.05) is 20.2 Å². The number of nitrogens with zero attached hydrogens (tertiary/aromatic N) is 2. The molecule has 0 spiro atoms. The van der Waals surface area contributed by atoms with Crippen LogP contribution in [0.5, 0.6) is 0 Å². The largest absolute Gasteiger partial charge is 0.302 e. The van der Waals surface area contributed by atoms with E-state index < -0.39 is 10.0 Å². The molecule has 0 heterocycles. The highest BCUT2D eigenvalue weighted by molar-refractivity contribution is 7.89. The highest BCUT2D eigenvalue weighted by Gasteiger charge is 2.39. The Kier molecular flexibility index (Phi) is 4.38. The topological polar surface area (TPSA) is 73.2 Å². The molecule has 0 saturated heterocycles. The van der Waals surface area contributed by atoms with Gasteiger partial charge in [-0.2, -0.15) is 5.26 Å². The third-order valence-electron chi connectivity index (χ3n) is 4.42. The lowest BCUT2D eigenvalue weighted by Crippen LogP contribution is -2.57. The summed E-state index contributed by atoms with van der Waals surface area (Å²) in [6.45, 7) is 2.13. The van der Waals surface area contributed by atoms with Crippen LogP contribution < -0.4 is 4.72 Å². The van der Waals surface area contributed by atoms with Gasteiger partial charge in [-0.15, -0.1) is 0 Å². The lowest BCUT2D eigenvalue weighted by molar-refractivity contribution is 0.0657.